The predicted octanol–water partition coefficient (Wildman–Crippen LogP) is 4.15. The van der Waals surface area contributed by atoms with E-state index in [0.717, 1.165) is 5.33 Å². The van der Waals surface area contributed by atoms with E-state index in [4.69, 9.17) is 0 Å². The van der Waals surface area contributed by atoms with Gasteiger partial charge < -0.3 is 0 Å². The number of benzene rings is 1. The smallest absolute Gasteiger partial charge is 0.0288 e. The van der Waals surface area contributed by atoms with Gasteiger partial charge in [0, 0.05) is 5.33 Å². The summed E-state index contributed by atoms with van der Waals surface area (Å²) in [6, 6.07) is 4.49. The lowest BCUT2D eigenvalue weighted by molar-refractivity contribution is 0.908. The largest absolute Gasteiger partial charge is 0.0876 e. The minimum absolute atomic E-state index is 0.974. The van der Waals surface area contributed by atoms with Crippen LogP contribution in [0, 0.1) is 13.8 Å². The molecule has 0 radical (unpaired) electrons. The number of aryl methyl sites for hydroxylation is 2. The number of halogens is 1. The molecule has 0 aromatic heterocycles. The van der Waals surface area contributed by atoms with Crippen molar-refractivity contribution in [1.82, 2.24) is 0 Å². The molecule has 0 fully saturated rings. The third-order valence-corrected chi connectivity index (χ3v) is 3.16. The lowest BCUT2D eigenvalue weighted by Gasteiger charge is -2.11. The highest BCUT2D eigenvalue weighted by Crippen LogP contribution is 2.21. The summed E-state index contributed by atoms with van der Waals surface area (Å²) in [6.45, 7) is 6.64. The first-order valence-corrected chi connectivity index (χ1v) is 5.96. The van der Waals surface area contributed by atoms with E-state index in [-0.39, 0.29) is 0 Å². The SMILES string of the molecule is CCCc1ccc(C)c(CBr)c1C. The van der Waals surface area contributed by atoms with Crippen LogP contribution in [0.15, 0.2) is 12.1 Å². The van der Waals surface area contributed by atoms with Gasteiger partial charge in [-0.05, 0) is 42.5 Å². The average molecular weight is 241 g/mol. The maximum absolute atomic E-state index is 3.54. The Hall–Kier alpha value is -0.300. The predicted molar refractivity (Wildman–Crippen MR) is 62.5 cm³/mol. The molecule has 0 unspecified atom stereocenters. The molecule has 0 heterocycles. The number of hydrogen-bond acceptors (Lipinski definition) is 0. The highest BCUT2D eigenvalue weighted by molar-refractivity contribution is 9.08. The van der Waals surface area contributed by atoms with Crippen LogP contribution in [0.4, 0.5) is 0 Å². The lowest BCUT2D eigenvalue weighted by atomic mass is 9.96. The minimum atomic E-state index is 0.974. The number of hydrogen-bond donors (Lipinski definition) is 0. The standard InChI is InChI=1S/C12H17Br/c1-4-5-11-7-6-9(2)12(8-13)10(11)3/h6-7H,4-5,8H2,1-3H3. The molecule has 1 aromatic carbocycles. The van der Waals surface area contributed by atoms with Crippen molar-refractivity contribution in [3.63, 3.8) is 0 Å². The van der Waals surface area contributed by atoms with E-state index in [1.165, 1.54) is 35.1 Å². The normalized spacial score (nSPS) is 10.5. The van der Waals surface area contributed by atoms with E-state index in [0.29, 0.717) is 0 Å². The zero-order valence-electron chi connectivity index (χ0n) is 8.65. The van der Waals surface area contributed by atoms with E-state index in [1.54, 1.807) is 0 Å². The Morgan fingerprint density at radius 2 is 1.92 bits per heavy atom. The molecule has 13 heavy (non-hydrogen) atoms. The summed E-state index contributed by atoms with van der Waals surface area (Å²) in [5, 5.41) is 0.974. The van der Waals surface area contributed by atoms with Crippen LogP contribution in [-0.4, -0.2) is 0 Å². The Bertz CT molecular complexity index is 289. The lowest BCUT2D eigenvalue weighted by Crippen LogP contribution is -1.96. The van der Waals surface area contributed by atoms with Crippen LogP contribution < -0.4 is 0 Å². The average Bonchev–Trinajstić information content (AvgIpc) is 2.11. The second kappa shape index (κ2) is 4.80. The van der Waals surface area contributed by atoms with Crippen molar-refractivity contribution in [2.24, 2.45) is 0 Å². The highest BCUT2D eigenvalue weighted by atomic mass is 79.9. The first-order valence-electron chi connectivity index (χ1n) is 4.84. The summed E-state index contributed by atoms with van der Waals surface area (Å²) in [5.41, 5.74) is 5.83. The molecule has 0 bridgehead atoms. The molecule has 1 rings (SSSR count). The zero-order valence-corrected chi connectivity index (χ0v) is 10.2. The molecule has 0 spiro atoms. The van der Waals surface area contributed by atoms with Crippen molar-refractivity contribution in [3.8, 4) is 0 Å². The van der Waals surface area contributed by atoms with Crippen LogP contribution in [0.25, 0.3) is 0 Å². The summed E-state index contributed by atoms with van der Waals surface area (Å²) in [5.74, 6) is 0. The molecule has 1 aromatic rings. The van der Waals surface area contributed by atoms with Crippen molar-refractivity contribution >= 4 is 15.9 Å². The molecule has 0 atom stereocenters. The zero-order chi connectivity index (χ0) is 9.84. The first-order chi connectivity index (χ1) is 6.20. The van der Waals surface area contributed by atoms with Crippen molar-refractivity contribution in [2.45, 2.75) is 38.9 Å². The third-order valence-electron chi connectivity index (χ3n) is 2.60. The van der Waals surface area contributed by atoms with Crippen LogP contribution in [0.1, 0.15) is 35.6 Å². The van der Waals surface area contributed by atoms with Crippen molar-refractivity contribution < 1.29 is 0 Å². The fraction of sp³-hybridized carbons (Fsp3) is 0.500. The van der Waals surface area contributed by atoms with E-state index in [1.807, 2.05) is 0 Å². The Balaban J connectivity index is 3.11. The van der Waals surface area contributed by atoms with Crippen LogP contribution in [0.3, 0.4) is 0 Å². The monoisotopic (exact) mass is 240 g/mol. The van der Waals surface area contributed by atoms with Crippen molar-refractivity contribution in [2.75, 3.05) is 0 Å². The second-order valence-corrected chi connectivity index (χ2v) is 4.09. The number of rotatable bonds is 3. The maximum Gasteiger partial charge on any atom is 0.0288 e. The van der Waals surface area contributed by atoms with E-state index < -0.39 is 0 Å². The summed E-state index contributed by atoms with van der Waals surface area (Å²) in [6.07, 6.45) is 2.43. The fourth-order valence-electron chi connectivity index (χ4n) is 1.69. The van der Waals surface area contributed by atoms with Crippen LogP contribution in [-0.2, 0) is 11.8 Å². The van der Waals surface area contributed by atoms with Crippen LogP contribution in [0.5, 0.6) is 0 Å². The molecule has 0 aliphatic rings. The Morgan fingerprint density at radius 1 is 1.23 bits per heavy atom. The van der Waals surface area contributed by atoms with E-state index in [9.17, 15) is 0 Å². The molecule has 0 aliphatic carbocycles. The molecule has 0 aliphatic heterocycles. The quantitative estimate of drug-likeness (QED) is 0.697. The van der Waals surface area contributed by atoms with Gasteiger partial charge in [-0.1, -0.05) is 41.4 Å². The molecule has 0 saturated heterocycles. The van der Waals surface area contributed by atoms with Crippen molar-refractivity contribution in [1.29, 1.82) is 0 Å². The number of alkyl halides is 1. The van der Waals surface area contributed by atoms with Gasteiger partial charge in [-0.25, -0.2) is 0 Å². The van der Waals surface area contributed by atoms with Gasteiger partial charge in [0.15, 0.2) is 0 Å². The van der Waals surface area contributed by atoms with E-state index >= 15 is 0 Å². The van der Waals surface area contributed by atoms with Gasteiger partial charge in [0.1, 0.15) is 0 Å². The minimum Gasteiger partial charge on any atom is -0.0876 e. The van der Waals surface area contributed by atoms with Crippen LogP contribution >= 0.6 is 15.9 Å². The topological polar surface area (TPSA) is 0 Å². The van der Waals surface area contributed by atoms with Crippen molar-refractivity contribution in [3.05, 3.63) is 34.4 Å². The van der Waals surface area contributed by atoms with Crippen LogP contribution in [0.2, 0.25) is 0 Å². The molecule has 0 saturated carbocycles. The first kappa shape index (κ1) is 10.8. The second-order valence-electron chi connectivity index (χ2n) is 3.53. The molecule has 0 amide bonds. The molecular weight excluding hydrogens is 224 g/mol. The van der Waals surface area contributed by atoms with Gasteiger partial charge in [-0.3, -0.25) is 0 Å². The maximum atomic E-state index is 3.54. The van der Waals surface area contributed by atoms with Gasteiger partial charge >= 0.3 is 0 Å². The van der Waals surface area contributed by atoms with Gasteiger partial charge in [0.25, 0.3) is 0 Å². The molecule has 0 nitrogen and oxygen atoms in total. The summed E-state index contributed by atoms with van der Waals surface area (Å²) in [7, 11) is 0. The van der Waals surface area contributed by atoms with E-state index in [2.05, 4.69) is 48.8 Å². The summed E-state index contributed by atoms with van der Waals surface area (Å²) in [4.78, 5) is 0. The molecular formula is C12H17Br. The highest BCUT2D eigenvalue weighted by Gasteiger charge is 2.04. The summed E-state index contributed by atoms with van der Waals surface area (Å²) < 4.78 is 0. The Kier molecular flexibility index (Phi) is 3.98. The van der Waals surface area contributed by atoms with Gasteiger partial charge in [-0.2, -0.15) is 0 Å². The molecule has 1 heteroatoms. The fourth-order valence-corrected chi connectivity index (χ4v) is 2.55. The Morgan fingerprint density at radius 3 is 2.46 bits per heavy atom. The molecule has 0 N–H and O–H groups in total. The Labute approximate surface area is 89.5 Å². The molecule has 72 valence electrons. The van der Waals surface area contributed by atoms with Gasteiger partial charge in [0.05, 0.1) is 0 Å². The van der Waals surface area contributed by atoms with Gasteiger partial charge in [-0.15, -0.1) is 0 Å². The third kappa shape index (κ3) is 2.34. The summed E-state index contributed by atoms with van der Waals surface area (Å²) >= 11 is 3.54. The van der Waals surface area contributed by atoms with Gasteiger partial charge in [0.2, 0.25) is 0 Å².